The van der Waals surface area contributed by atoms with Crippen LogP contribution in [0.1, 0.15) is 37.9 Å². The van der Waals surface area contributed by atoms with E-state index in [9.17, 15) is 5.11 Å². The first-order valence-electron chi connectivity index (χ1n) is 5.81. The maximum absolute atomic E-state index is 9.71. The molecular weight excluding hydrogens is 186 g/mol. The van der Waals surface area contributed by atoms with Gasteiger partial charge < -0.3 is 10.0 Å². The van der Waals surface area contributed by atoms with Crippen molar-refractivity contribution < 1.29 is 5.11 Å². The van der Waals surface area contributed by atoms with E-state index in [0.717, 1.165) is 18.7 Å². The molecule has 0 unspecified atom stereocenters. The minimum absolute atomic E-state index is 0.372. The highest BCUT2D eigenvalue weighted by Crippen LogP contribution is 2.28. The molecule has 15 heavy (non-hydrogen) atoms. The highest BCUT2D eigenvalue weighted by molar-refractivity contribution is 5.54. The Morgan fingerprint density at radius 3 is 2.47 bits per heavy atom. The Hall–Kier alpha value is -1.02. The van der Waals surface area contributed by atoms with Crippen LogP contribution >= 0.6 is 0 Å². The summed E-state index contributed by atoms with van der Waals surface area (Å²) in [6.07, 6.45) is 3.51. The number of aliphatic hydroxyl groups excluding tert-OH is 1. The molecule has 1 fully saturated rings. The third-order valence-corrected chi connectivity index (χ3v) is 3.08. The van der Waals surface area contributed by atoms with Crippen molar-refractivity contribution in [2.75, 3.05) is 18.0 Å². The van der Waals surface area contributed by atoms with Gasteiger partial charge in [-0.25, -0.2) is 0 Å². The number of rotatable bonds is 2. The molecule has 1 aromatic carbocycles. The summed E-state index contributed by atoms with van der Waals surface area (Å²) in [5, 5.41) is 9.71. The van der Waals surface area contributed by atoms with Gasteiger partial charge >= 0.3 is 0 Å². The second kappa shape index (κ2) is 4.67. The van der Waals surface area contributed by atoms with Gasteiger partial charge in [-0.1, -0.05) is 18.2 Å². The predicted molar refractivity (Wildman–Crippen MR) is 63.1 cm³/mol. The number of anilines is 1. The molecule has 0 radical (unpaired) electrons. The molecule has 1 saturated heterocycles. The van der Waals surface area contributed by atoms with Crippen LogP contribution in [0.5, 0.6) is 0 Å². The summed E-state index contributed by atoms with van der Waals surface area (Å²) in [7, 11) is 0. The summed E-state index contributed by atoms with van der Waals surface area (Å²) < 4.78 is 0. The minimum Gasteiger partial charge on any atom is -0.389 e. The van der Waals surface area contributed by atoms with E-state index in [1.807, 2.05) is 19.1 Å². The molecule has 0 saturated carbocycles. The zero-order valence-corrected chi connectivity index (χ0v) is 9.32. The monoisotopic (exact) mass is 205 g/mol. The van der Waals surface area contributed by atoms with Crippen molar-refractivity contribution in [1.29, 1.82) is 0 Å². The van der Waals surface area contributed by atoms with Crippen LogP contribution in [0.25, 0.3) is 0 Å². The van der Waals surface area contributed by atoms with E-state index < -0.39 is 0 Å². The minimum atomic E-state index is -0.372. The van der Waals surface area contributed by atoms with E-state index >= 15 is 0 Å². The number of aliphatic hydroxyl groups is 1. The Morgan fingerprint density at radius 2 is 1.80 bits per heavy atom. The number of piperidine rings is 1. The molecular formula is C13H19NO. The lowest BCUT2D eigenvalue weighted by molar-refractivity contribution is 0.199. The number of para-hydroxylation sites is 1. The maximum atomic E-state index is 9.71. The third kappa shape index (κ3) is 2.32. The van der Waals surface area contributed by atoms with Gasteiger partial charge in [0, 0.05) is 24.3 Å². The van der Waals surface area contributed by atoms with E-state index in [2.05, 4.69) is 17.0 Å². The molecule has 2 heteroatoms. The number of nitrogens with zero attached hydrogens (tertiary/aromatic N) is 1. The quantitative estimate of drug-likeness (QED) is 0.802. The number of hydrogen-bond acceptors (Lipinski definition) is 2. The molecule has 0 aliphatic carbocycles. The molecule has 1 aromatic rings. The van der Waals surface area contributed by atoms with Crippen molar-refractivity contribution in [3.63, 3.8) is 0 Å². The molecule has 1 atom stereocenters. The van der Waals surface area contributed by atoms with Crippen molar-refractivity contribution in [2.24, 2.45) is 0 Å². The smallest absolute Gasteiger partial charge is 0.0781 e. The van der Waals surface area contributed by atoms with E-state index in [0.29, 0.717) is 0 Å². The Bertz CT molecular complexity index is 316. The molecule has 0 amide bonds. The largest absolute Gasteiger partial charge is 0.389 e. The SMILES string of the molecule is C[C@H](O)c1ccccc1N1CCCCC1. The lowest BCUT2D eigenvalue weighted by atomic mass is 10.0. The summed E-state index contributed by atoms with van der Waals surface area (Å²) in [5.74, 6) is 0. The van der Waals surface area contributed by atoms with Crippen molar-refractivity contribution in [1.82, 2.24) is 0 Å². The second-order valence-corrected chi connectivity index (χ2v) is 4.28. The normalized spacial score (nSPS) is 18.9. The fraction of sp³-hybridized carbons (Fsp3) is 0.538. The van der Waals surface area contributed by atoms with E-state index in [4.69, 9.17) is 0 Å². The van der Waals surface area contributed by atoms with Gasteiger partial charge in [0.25, 0.3) is 0 Å². The van der Waals surface area contributed by atoms with E-state index in [1.54, 1.807) is 0 Å². The summed E-state index contributed by atoms with van der Waals surface area (Å²) in [6, 6.07) is 8.19. The van der Waals surface area contributed by atoms with Crippen molar-refractivity contribution in [3.8, 4) is 0 Å². The first kappa shape index (κ1) is 10.5. The van der Waals surface area contributed by atoms with Gasteiger partial charge in [-0.15, -0.1) is 0 Å². The Kier molecular flexibility index (Phi) is 3.27. The molecule has 1 aliphatic rings. The van der Waals surface area contributed by atoms with Crippen LogP contribution in [0.2, 0.25) is 0 Å². The highest BCUT2D eigenvalue weighted by atomic mass is 16.3. The molecule has 2 nitrogen and oxygen atoms in total. The van der Waals surface area contributed by atoms with Gasteiger partial charge in [-0.05, 0) is 32.3 Å². The number of benzene rings is 1. The lowest BCUT2D eigenvalue weighted by Crippen LogP contribution is -2.30. The second-order valence-electron chi connectivity index (χ2n) is 4.28. The zero-order chi connectivity index (χ0) is 10.7. The summed E-state index contributed by atoms with van der Waals surface area (Å²) in [6.45, 7) is 4.09. The van der Waals surface area contributed by atoms with Crippen LogP contribution in [-0.2, 0) is 0 Å². The molecule has 82 valence electrons. The van der Waals surface area contributed by atoms with Gasteiger partial charge in [0.2, 0.25) is 0 Å². The molecule has 0 bridgehead atoms. The van der Waals surface area contributed by atoms with Gasteiger partial charge in [-0.2, -0.15) is 0 Å². The first-order chi connectivity index (χ1) is 7.29. The fourth-order valence-corrected chi connectivity index (χ4v) is 2.26. The average Bonchev–Trinajstić information content (AvgIpc) is 2.30. The molecule has 1 N–H and O–H groups in total. The lowest BCUT2D eigenvalue weighted by Gasteiger charge is -2.31. The van der Waals surface area contributed by atoms with Crippen molar-refractivity contribution in [2.45, 2.75) is 32.3 Å². The van der Waals surface area contributed by atoms with Crippen LogP contribution in [-0.4, -0.2) is 18.2 Å². The zero-order valence-electron chi connectivity index (χ0n) is 9.32. The van der Waals surface area contributed by atoms with Gasteiger partial charge in [0.1, 0.15) is 0 Å². The Balaban J connectivity index is 2.25. The molecule has 0 spiro atoms. The van der Waals surface area contributed by atoms with Crippen molar-refractivity contribution in [3.05, 3.63) is 29.8 Å². The Morgan fingerprint density at radius 1 is 1.13 bits per heavy atom. The third-order valence-electron chi connectivity index (χ3n) is 3.08. The van der Waals surface area contributed by atoms with E-state index in [-0.39, 0.29) is 6.10 Å². The van der Waals surface area contributed by atoms with Crippen LogP contribution in [0.4, 0.5) is 5.69 Å². The number of hydrogen-bond donors (Lipinski definition) is 1. The van der Waals surface area contributed by atoms with Gasteiger partial charge in [0.05, 0.1) is 6.10 Å². The molecule has 1 aliphatic heterocycles. The van der Waals surface area contributed by atoms with Crippen LogP contribution in [0.15, 0.2) is 24.3 Å². The van der Waals surface area contributed by atoms with Crippen LogP contribution < -0.4 is 4.90 Å². The summed E-state index contributed by atoms with van der Waals surface area (Å²) in [5.41, 5.74) is 2.27. The summed E-state index contributed by atoms with van der Waals surface area (Å²) in [4.78, 5) is 2.39. The van der Waals surface area contributed by atoms with Gasteiger partial charge in [0.15, 0.2) is 0 Å². The molecule has 2 rings (SSSR count). The first-order valence-corrected chi connectivity index (χ1v) is 5.81. The average molecular weight is 205 g/mol. The maximum Gasteiger partial charge on any atom is 0.0781 e. The van der Waals surface area contributed by atoms with Crippen LogP contribution in [0.3, 0.4) is 0 Å². The standard InChI is InChI=1S/C13H19NO/c1-11(15)12-7-3-4-8-13(12)14-9-5-2-6-10-14/h3-4,7-8,11,15H,2,5-6,9-10H2,1H3/t11-/m0/s1. The highest BCUT2D eigenvalue weighted by Gasteiger charge is 2.15. The van der Waals surface area contributed by atoms with Crippen LogP contribution in [0, 0.1) is 0 Å². The molecule has 0 aromatic heterocycles. The predicted octanol–water partition coefficient (Wildman–Crippen LogP) is 2.73. The Labute approximate surface area is 91.5 Å². The topological polar surface area (TPSA) is 23.5 Å². The summed E-state index contributed by atoms with van der Waals surface area (Å²) >= 11 is 0. The van der Waals surface area contributed by atoms with E-state index in [1.165, 1.54) is 24.9 Å². The molecule has 1 heterocycles. The fourth-order valence-electron chi connectivity index (χ4n) is 2.26. The van der Waals surface area contributed by atoms with Crippen molar-refractivity contribution >= 4 is 5.69 Å². The van der Waals surface area contributed by atoms with Gasteiger partial charge in [-0.3, -0.25) is 0 Å².